The van der Waals surface area contributed by atoms with Gasteiger partial charge in [-0.25, -0.2) is 4.98 Å². The Morgan fingerprint density at radius 1 is 1.39 bits per heavy atom. The molecule has 18 heavy (non-hydrogen) atoms. The third-order valence-corrected chi connectivity index (χ3v) is 2.57. The van der Waals surface area contributed by atoms with E-state index in [1.807, 2.05) is 56.0 Å². The fourth-order valence-corrected chi connectivity index (χ4v) is 1.67. The number of hydrogen-bond acceptors (Lipinski definition) is 5. The van der Waals surface area contributed by atoms with E-state index in [1.165, 1.54) is 0 Å². The van der Waals surface area contributed by atoms with Crippen LogP contribution in [0.15, 0.2) is 18.5 Å². The summed E-state index contributed by atoms with van der Waals surface area (Å²) in [6.45, 7) is 4.88. The van der Waals surface area contributed by atoms with E-state index in [0.29, 0.717) is 5.95 Å². The standard InChI is InChI=1S/C12H18N6/c1-5-18-7-6-10(16-18)14-12-13-8-9(2)11(15-12)17(3)4/h6-8H,5H2,1-4H3,(H,13,14,15,16). The SMILES string of the molecule is CCn1ccc(Nc2ncc(C)c(N(C)C)n2)n1. The van der Waals surface area contributed by atoms with Crippen molar-refractivity contribution in [1.82, 2.24) is 19.7 Å². The molecule has 2 heterocycles. The minimum atomic E-state index is 0.561. The second kappa shape index (κ2) is 5.03. The number of aromatic nitrogens is 4. The highest BCUT2D eigenvalue weighted by atomic mass is 15.3. The summed E-state index contributed by atoms with van der Waals surface area (Å²) in [5.41, 5.74) is 1.05. The summed E-state index contributed by atoms with van der Waals surface area (Å²) in [5.74, 6) is 2.22. The number of anilines is 3. The van der Waals surface area contributed by atoms with Crippen LogP contribution in [0, 0.1) is 6.92 Å². The largest absolute Gasteiger partial charge is 0.362 e. The molecule has 0 aliphatic rings. The second-order valence-electron chi connectivity index (χ2n) is 4.28. The van der Waals surface area contributed by atoms with Crippen molar-refractivity contribution in [2.75, 3.05) is 24.3 Å². The highest BCUT2D eigenvalue weighted by Crippen LogP contribution is 2.17. The lowest BCUT2D eigenvalue weighted by Crippen LogP contribution is -2.13. The molecule has 0 aromatic carbocycles. The number of aryl methyl sites for hydroxylation is 2. The van der Waals surface area contributed by atoms with Crippen molar-refractivity contribution in [2.24, 2.45) is 0 Å². The molecule has 0 unspecified atom stereocenters. The zero-order chi connectivity index (χ0) is 13.1. The predicted molar refractivity (Wildman–Crippen MR) is 72.3 cm³/mol. The number of nitrogens with zero attached hydrogens (tertiary/aromatic N) is 5. The van der Waals surface area contributed by atoms with E-state index < -0.39 is 0 Å². The maximum absolute atomic E-state index is 4.46. The van der Waals surface area contributed by atoms with Gasteiger partial charge in [0.15, 0.2) is 5.82 Å². The van der Waals surface area contributed by atoms with E-state index in [9.17, 15) is 0 Å². The normalized spacial score (nSPS) is 10.4. The summed E-state index contributed by atoms with van der Waals surface area (Å²) in [6, 6.07) is 1.90. The first-order valence-electron chi connectivity index (χ1n) is 5.91. The molecule has 0 saturated carbocycles. The van der Waals surface area contributed by atoms with Crippen molar-refractivity contribution in [2.45, 2.75) is 20.4 Å². The highest BCUT2D eigenvalue weighted by Gasteiger charge is 2.06. The lowest BCUT2D eigenvalue weighted by Gasteiger charge is -2.14. The Bertz CT molecular complexity index is 531. The summed E-state index contributed by atoms with van der Waals surface area (Å²) >= 11 is 0. The molecule has 2 aromatic rings. The molecule has 1 N–H and O–H groups in total. The van der Waals surface area contributed by atoms with Crippen LogP contribution in [0.5, 0.6) is 0 Å². The van der Waals surface area contributed by atoms with Gasteiger partial charge in [0.05, 0.1) is 0 Å². The van der Waals surface area contributed by atoms with Crippen molar-refractivity contribution in [3.05, 3.63) is 24.0 Å². The Labute approximate surface area is 107 Å². The van der Waals surface area contributed by atoms with Crippen molar-refractivity contribution < 1.29 is 0 Å². The summed E-state index contributed by atoms with van der Waals surface area (Å²) in [4.78, 5) is 10.7. The minimum Gasteiger partial charge on any atom is -0.362 e. The summed E-state index contributed by atoms with van der Waals surface area (Å²) in [7, 11) is 3.93. The molecule has 6 heteroatoms. The summed E-state index contributed by atoms with van der Waals surface area (Å²) in [5, 5.41) is 7.43. The molecule has 0 spiro atoms. The first-order valence-corrected chi connectivity index (χ1v) is 5.91. The van der Waals surface area contributed by atoms with Gasteiger partial charge in [-0.05, 0) is 13.8 Å². The van der Waals surface area contributed by atoms with Crippen molar-refractivity contribution in [3.8, 4) is 0 Å². The Balaban J connectivity index is 2.21. The van der Waals surface area contributed by atoms with Crippen LogP contribution >= 0.6 is 0 Å². The maximum atomic E-state index is 4.46. The maximum Gasteiger partial charge on any atom is 0.230 e. The fourth-order valence-electron chi connectivity index (χ4n) is 1.67. The summed E-state index contributed by atoms with van der Waals surface area (Å²) < 4.78 is 1.85. The minimum absolute atomic E-state index is 0.561. The molecular weight excluding hydrogens is 228 g/mol. The van der Waals surface area contributed by atoms with E-state index in [4.69, 9.17) is 0 Å². The van der Waals surface area contributed by atoms with Gasteiger partial charge in [0.1, 0.15) is 5.82 Å². The van der Waals surface area contributed by atoms with Crippen LogP contribution in [-0.2, 0) is 6.54 Å². The van der Waals surface area contributed by atoms with E-state index in [0.717, 1.165) is 23.7 Å². The average Bonchev–Trinajstić information content (AvgIpc) is 2.79. The Kier molecular flexibility index (Phi) is 3.45. The van der Waals surface area contributed by atoms with E-state index >= 15 is 0 Å². The molecule has 96 valence electrons. The third-order valence-electron chi connectivity index (χ3n) is 2.57. The van der Waals surface area contributed by atoms with Gasteiger partial charge in [0, 0.05) is 44.7 Å². The number of nitrogens with one attached hydrogen (secondary N) is 1. The van der Waals surface area contributed by atoms with Crippen LogP contribution in [0.4, 0.5) is 17.6 Å². The van der Waals surface area contributed by atoms with Crippen LogP contribution in [-0.4, -0.2) is 33.8 Å². The van der Waals surface area contributed by atoms with Crippen molar-refractivity contribution >= 4 is 17.6 Å². The van der Waals surface area contributed by atoms with Crippen LogP contribution < -0.4 is 10.2 Å². The van der Waals surface area contributed by atoms with Gasteiger partial charge in [0.2, 0.25) is 5.95 Å². The van der Waals surface area contributed by atoms with Crippen LogP contribution in [0.2, 0.25) is 0 Å². The molecule has 0 radical (unpaired) electrons. The Morgan fingerprint density at radius 2 is 2.17 bits per heavy atom. The molecule has 2 aromatic heterocycles. The topological polar surface area (TPSA) is 58.9 Å². The van der Waals surface area contributed by atoms with E-state index in [2.05, 4.69) is 20.4 Å². The van der Waals surface area contributed by atoms with Crippen molar-refractivity contribution in [1.29, 1.82) is 0 Å². The van der Waals surface area contributed by atoms with Crippen LogP contribution in [0.1, 0.15) is 12.5 Å². The van der Waals surface area contributed by atoms with Gasteiger partial charge in [-0.1, -0.05) is 0 Å². The molecular formula is C12H18N6. The lowest BCUT2D eigenvalue weighted by molar-refractivity contribution is 0.662. The first kappa shape index (κ1) is 12.3. The molecule has 0 aliphatic heterocycles. The third kappa shape index (κ3) is 2.58. The number of rotatable bonds is 4. The van der Waals surface area contributed by atoms with Gasteiger partial charge in [-0.2, -0.15) is 10.1 Å². The monoisotopic (exact) mass is 246 g/mol. The zero-order valence-corrected chi connectivity index (χ0v) is 11.2. The van der Waals surface area contributed by atoms with Gasteiger partial charge in [-0.3, -0.25) is 4.68 Å². The highest BCUT2D eigenvalue weighted by molar-refractivity contribution is 5.52. The molecule has 2 rings (SSSR count). The number of hydrogen-bond donors (Lipinski definition) is 1. The van der Waals surface area contributed by atoms with E-state index in [-0.39, 0.29) is 0 Å². The smallest absolute Gasteiger partial charge is 0.230 e. The summed E-state index contributed by atoms with van der Waals surface area (Å²) in [6.07, 6.45) is 3.73. The molecule has 0 bridgehead atoms. The fraction of sp³-hybridized carbons (Fsp3) is 0.417. The molecule has 0 saturated heterocycles. The quantitative estimate of drug-likeness (QED) is 0.891. The molecule has 0 fully saturated rings. The second-order valence-corrected chi connectivity index (χ2v) is 4.28. The molecule has 6 nitrogen and oxygen atoms in total. The molecule has 0 amide bonds. The van der Waals surface area contributed by atoms with Crippen LogP contribution in [0.3, 0.4) is 0 Å². The first-order chi connectivity index (χ1) is 8.60. The zero-order valence-electron chi connectivity index (χ0n) is 11.2. The van der Waals surface area contributed by atoms with Gasteiger partial charge in [-0.15, -0.1) is 0 Å². The van der Waals surface area contributed by atoms with Crippen molar-refractivity contribution in [3.63, 3.8) is 0 Å². The van der Waals surface area contributed by atoms with E-state index in [1.54, 1.807) is 0 Å². The Morgan fingerprint density at radius 3 is 2.78 bits per heavy atom. The van der Waals surface area contributed by atoms with Gasteiger partial charge < -0.3 is 10.2 Å². The van der Waals surface area contributed by atoms with Gasteiger partial charge >= 0.3 is 0 Å². The Hall–Kier alpha value is -2.11. The molecule has 0 atom stereocenters. The van der Waals surface area contributed by atoms with Gasteiger partial charge in [0.25, 0.3) is 0 Å². The lowest BCUT2D eigenvalue weighted by atomic mass is 10.3. The molecule has 0 aliphatic carbocycles. The average molecular weight is 246 g/mol. The van der Waals surface area contributed by atoms with Crippen LogP contribution in [0.25, 0.3) is 0 Å². The predicted octanol–water partition coefficient (Wildman–Crippen LogP) is 1.81.